The standard InChI is InChI=1S/C19H29BrN2O2/c1-14-15(20)7-22(21-14)18-9-16(2)8-17(3,10-18)12-19(11-16,13-18)24-6-5-23-4/h7H,5-6,8-13H2,1-4H3. The van der Waals surface area contributed by atoms with Gasteiger partial charge in [-0.3, -0.25) is 4.68 Å². The molecule has 4 bridgehead atoms. The molecule has 0 spiro atoms. The van der Waals surface area contributed by atoms with Crippen molar-refractivity contribution in [2.24, 2.45) is 10.8 Å². The molecule has 4 nitrogen and oxygen atoms in total. The van der Waals surface area contributed by atoms with Gasteiger partial charge in [0, 0.05) is 19.7 Å². The zero-order valence-corrected chi connectivity index (χ0v) is 16.9. The summed E-state index contributed by atoms with van der Waals surface area (Å²) in [4.78, 5) is 0. The van der Waals surface area contributed by atoms with E-state index in [4.69, 9.17) is 14.6 Å². The lowest BCUT2D eigenvalue weighted by Gasteiger charge is -2.68. The van der Waals surface area contributed by atoms with Crippen molar-refractivity contribution in [2.45, 2.75) is 70.4 Å². The van der Waals surface area contributed by atoms with Crippen LogP contribution in [-0.2, 0) is 15.0 Å². The summed E-state index contributed by atoms with van der Waals surface area (Å²) in [7, 11) is 1.75. The van der Waals surface area contributed by atoms with Crippen molar-refractivity contribution in [3.8, 4) is 0 Å². The molecule has 0 saturated heterocycles. The van der Waals surface area contributed by atoms with Crippen molar-refractivity contribution in [3.63, 3.8) is 0 Å². The predicted molar refractivity (Wildman–Crippen MR) is 97.1 cm³/mol. The van der Waals surface area contributed by atoms with Gasteiger partial charge in [0.05, 0.1) is 34.5 Å². The molecule has 5 rings (SSSR count). The Hall–Kier alpha value is -0.390. The minimum absolute atomic E-state index is 0.0108. The number of hydrogen-bond acceptors (Lipinski definition) is 3. The maximum absolute atomic E-state index is 6.52. The van der Waals surface area contributed by atoms with E-state index in [1.807, 2.05) is 0 Å². The first-order valence-corrected chi connectivity index (χ1v) is 9.86. The molecule has 4 aliphatic rings. The molecule has 4 fully saturated rings. The number of aryl methyl sites for hydroxylation is 1. The van der Waals surface area contributed by atoms with Crippen LogP contribution in [0.25, 0.3) is 0 Å². The molecule has 0 aromatic carbocycles. The van der Waals surface area contributed by atoms with Crippen LogP contribution in [0, 0.1) is 17.8 Å². The third-order valence-electron chi connectivity index (χ3n) is 6.54. The van der Waals surface area contributed by atoms with E-state index in [0.717, 1.165) is 16.6 Å². The minimum atomic E-state index is -0.0108. The van der Waals surface area contributed by atoms with Crippen LogP contribution in [0.2, 0.25) is 0 Å². The summed E-state index contributed by atoms with van der Waals surface area (Å²) in [5, 5.41) is 4.88. The van der Waals surface area contributed by atoms with Gasteiger partial charge in [0.25, 0.3) is 0 Å². The molecule has 1 aromatic heterocycles. The molecule has 4 aliphatic carbocycles. The number of ether oxygens (including phenoxy) is 2. The molecule has 0 N–H and O–H groups in total. The van der Waals surface area contributed by atoms with Crippen molar-refractivity contribution in [3.05, 3.63) is 16.4 Å². The van der Waals surface area contributed by atoms with E-state index < -0.39 is 0 Å². The molecule has 0 radical (unpaired) electrons. The number of halogens is 1. The zero-order chi connectivity index (χ0) is 17.2. The third-order valence-corrected chi connectivity index (χ3v) is 7.31. The summed E-state index contributed by atoms with van der Waals surface area (Å²) in [5.41, 5.74) is 1.87. The highest BCUT2D eigenvalue weighted by molar-refractivity contribution is 9.10. The van der Waals surface area contributed by atoms with E-state index in [1.54, 1.807) is 7.11 Å². The summed E-state index contributed by atoms with van der Waals surface area (Å²) >= 11 is 3.66. The fourth-order valence-electron chi connectivity index (χ4n) is 6.94. The van der Waals surface area contributed by atoms with Gasteiger partial charge in [0.1, 0.15) is 0 Å². The molecule has 1 aromatic rings. The highest BCUT2D eigenvalue weighted by Gasteiger charge is 2.67. The van der Waals surface area contributed by atoms with Crippen molar-refractivity contribution in [1.29, 1.82) is 0 Å². The van der Waals surface area contributed by atoms with Crippen LogP contribution in [0.1, 0.15) is 58.1 Å². The number of methoxy groups -OCH3 is 1. The molecular formula is C19H29BrN2O2. The first kappa shape index (κ1) is 17.0. The van der Waals surface area contributed by atoms with E-state index in [-0.39, 0.29) is 11.1 Å². The SMILES string of the molecule is COCCOC12CC3(C)CC(C)(C1)CC(n1cc(Br)c(C)n1)(C3)C2. The Labute approximate surface area is 153 Å². The Morgan fingerprint density at radius 2 is 1.75 bits per heavy atom. The van der Waals surface area contributed by atoms with Gasteiger partial charge in [-0.15, -0.1) is 0 Å². The summed E-state index contributed by atoms with van der Waals surface area (Å²) in [6.45, 7) is 8.39. The second-order valence-corrected chi connectivity index (χ2v) is 10.3. The van der Waals surface area contributed by atoms with Crippen LogP contribution in [0.5, 0.6) is 0 Å². The molecule has 1 heterocycles. The van der Waals surface area contributed by atoms with E-state index in [1.165, 1.54) is 32.1 Å². The van der Waals surface area contributed by atoms with Crippen LogP contribution in [0.15, 0.2) is 10.7 Å². The van der Waals surface area contributed by atoms with Gasteiger partial charge >= 0.3 is 0 Å². The highest BCUT2D eigenvalue weighted by Crippen LogP contribution is 2.70. The lowest BCUT2D eigenvalue weighted by molar-refractivity contribution is -0.242. The Morgan fingerprint density at radius 1 is 1.08 bits per heavy atom. The van der Waals surface area contributed by atoms with Gasteiger partial charge in [-0.2, -0.15) is 5.10 Å². The van der Waals surface area contributed by atoms with Gasteiger partial charge in [0.15, 0.2) is 0 Å². The summed E-state index contributed by atoms with van der Waals surface area (Å²) in [6.07, 6.45) is 9.40. The summed E-state index contributed by atoms with van der Waals surface area (Å²) in [5.74, 6) is 0. The quantitative estimate of drug-likeness (QED) is 0.689. The molecule has 2 atom stereocenters. The van der Waals surface area contributed by atoms with Crippen LogP contribution in [0.3, 0.4) is 0 Å². The zero-order valence-electron chi connectivity index (χ0n) is 15.3. The van der Waals surface area contributed by atoms with Crippen molar-refractivity contribution >= 4 is 15.9 Å². The van der Waals surface area contributed by atoms with Gasteiger partial charge < -0.3 is 9.47 Å². The number of aromatic nitrogens is 2. The second-order valence-electron chi connectivity index (χ2n) is 9.44. The molecular weight excluding hydrogens is 368 g/mol. The van der Waals surface area contributed by atoms with Crippen molar-refractivity contribution in [1.82, 2.24) is 9.78 Å². The van der Waals surface area contributed by atoms with E-state index in [2.05, 4.69) is 47.6 Å². The summed E-state index contributed by atoms with van der Waals surface area (Å²) < 4.78 is 15.1. The Kier molecular flexibility index (Phi) is 3.77. The third kappa shape index (κ3) is 2.58. The van der Waals surface area contributed by atoms with Crippen LogP contribution in [0.4, 0.5) is 0 Å². The van der Waals surface area contributed by atoms with Gasteiger partial charge in [-0.05, 0) is 65.8 Å². The molecule has 4 saturated carbocycles. The molecule has 0 amide bonds. The Balaban J connectivity index is 1.73. The number of hydrogen-bond donors (Lipinski definition) is 0. The molecule has 0 aliphatic heterocycles. The minimum Gasteiger partial charge on any atom is -0.382 e. The molecule has 134 valence electrons. The monoisotopic (exact) mass is 396 g/mol. The van der Waals surface area contributed by atoms with E-state index in [9.17, 15) is 0 Å². The van der Waals surface area contributed by atoms with Crippen LogP contribution < -0.4 is 0 Å². The maximum Gasteiger partial charge on any atom is 0.0735 e. The fourth-order valence-corrected chi connectivity index (χ4v) is 7.22. The molecule has 24 heavy (non-hydrogen) atoms. The smallest absolute Gasteiger partial charge is 0.0735 e. The van der Waals surface area contributed by atoms with Gasteiger partial charge in [-0.1, -0.05) is 13.8 Å². The molecule has 5 heteroatoms. The lowest BCUT2D eigenvalue weighted by Crippen LogP contribution is -2.66. The fraction of sp³-hybridized carbons (Fsp3) is 0.842. The Bertz CT molecular complexity index is 618. The number of rotatable bonds is 5. The predicted octanol–water partition coefficient (Wildman–Crippen LogP) is 4.45. The van der Waals surface area contributed by atoms with Crippen molar-refractivity contribution < 1.29 is 9.47 Å². The van der Waals surface area contributed by atoms with Crippen LogP contribution >= 0.6 is 15.9 Å². The first-order chi connectivity index (χ1) is 11.2. The maximum atomic E-state index is 6.52. The van der Waals surface area contributed by atoms with Crippen LogP contribution in [-0.4, -0.2) is 35.7 Å². The lowest BCUT2D eigenvalue weighted by atomic mass is 9.41. The normalized spacial score (nSPS) is 43.5. The first-order valence-electron chi connectivity index (χ1n) is 9.07. The van der Waals surface area contributed by atoms with Gasteiger partial charge in [0.2, 0.25) is 0 Å². The van der Waals surface area contributed by atoms with Gasteiger partial charge in [-0.25, -0.2) is 0 Å². The second kappa shape index (κ2) is 5.31. The van der Waals surface area contributed by atoms with E-state index in [0.29, 0.717) is 24.0 Å². The van der Waals surface area contributed by atoms with E-state index >= 15 is 0 Å². The molecule has 2 unspecified atom stereocenters. The average molecular weight is 397 g/mol. The topological polar surface area (TPSA) is 36.3 Å². The Morgan fingerprint density at radius 3 is 2.29 bits per heavy atom. The highest BCUT2D eigenvalue weighted by atomic mass is 79.9. The number of nitrogens with zero attached hydrogens (tertiary/aromatic N) is 2. The summed E-state index contributed by atoms with van der Waals surface area (Å²) in [6, 6.07) is 0. The largest absolute Gasteiger partial charge is 0.382 e. The average Bonchev–Trinajstić information content (AvgIpc) is 2.75. The van der Waals surface area contributed by atoms with Crippen molar-refractivity contribution in [2.75, 3.05) is 20.3 Å².